The molecular weight excluding hydrogens is 455 g/mol. The first-order valence-corrected chi connectivity index (χ1v) is 11.2. The van der Waals surface area contributed by atoms with E-state index in [1.807, 2.05) is 24.3 Å². The van der Waals surface area contributed by atoms with Crippen LogP contribution in [0.4, 0.5) is 13.2 Å². The lowest BCUT2D eigenvalue weighted by molar-refractivity contribution is -0.137. The van der Waals surface area contributed by atoms with Gasteiger partial charge in [-0.25, -0.2) is 0 Å². The Labute approximate surface area is 195 Å². The van der Waals surface area contributed by atoms with E-state index < -0.39 is 11.7 Å². The molecule has 2 heterocycles. The zero-order valence-corrected chi connectivity index (χ0v) is 19.0. The molecule has 0 aliphatic carbocycles. The zero-order chi connectivity index (χ0) is 23.4. The average molecular weight is 480 g/mol. The van der Waals surface area contributed by atoms with E-state index in [-0.39, 0.29) is 22.2 Å². The van der Waals surface area contributed by atoms with Gasteiger partial charge in [-0.05, 0) is 67.5 Å². The highest BCUT2D eigenvalue weighted by molar-refractivity contribution is 6.31. The number of aryl methyl sites for hydroxylation is 1. The summed E-state index contributed by atoms with van der Waals surface area (Å²) >= 11 is 5.67. The van der Waals surface area contributed by atoms with Crippen molar-refractivity contribution in [2.45, 2.75) is 19.0 Å². The maximum absolute atomic E-state index is 13.1. The van der Waals surface area contributed by atoms with E-state index in [0.29, 0.717) is 5.75 Å². The molecule has 1 aliphatic rings. The fraction of sp³-hybridized carbons (Fsp3) is 0.375. The Morgan fingerprint density at radius 1 is 1.03 bits per heavy atom. The predicted octanol–water partition coefficient (Wildman–Crippen LogP) is 5.99. The van der Waals surface area contributed by atoms with Crippen LogP contribution >= 0.6 is 11.6 Å². The van der Waals surface area contributed by atoms with Gasteiger partial charge in [0.2, 0.25) is 0 Å². The smallest absolute Gasteiger partial charge is 0.417 e. The van der Waals surface area contributed by atoms with Crippen molar-refractivity contribution in [2.75, 3.05) is 39.8 Å². The summed E-state index contributed by atoms with van der Waals surface area (Å²) in [4.78, 5) is 4.85. The standard InChI is InChI=1S/C24H25ClF3N3O2/c1-30-11-13-31(14-12-30)10-2-3-17-4-7-19(8-5-17)32-23-16-22(33-29-23)18-6-9-21(25)20(15-18)24(26,27)28/h4-9,15-16H,2-3,10-14H2,1H3. The summed E-state index contributed by atoms with van der Waals surface area (Å²) in [5.74, 6) is 0.897. The van der Waals surface area contributed by atoms with E-state index in [2.05, 4.69) is 22.0 Å². The number of ether oxygens (including phenoxy) is 1. The number of hydrogen-bond acceptors (Lipinski definition) is 5. The summed E-state index contributed by atoms with van der Waals surface area (Å²) in [5, 5.41) is 3.44. The van der Waals surface area contributed by atoms with Gasteiger partial charge >= 0.3 is 6.18 Å². The summed E-state index contributed by atoms with van der Waals surface area (Å²) in [7, 11) is 2.15. The zero-order valence-electron chi connectivity index (χ0n) is 18.2. The van der Waals surface area contributed by atoms with E-state index in [1.54, 1.807) is 0 Å². The quantitative estimate of drug-likeness (QED) is 0.416. The molecule has 0 spiro atoms. The van der Waals surface area contributed by atoms with Gasteiger partial charge in [0.15, 0.2) is 5.76 Å². The van der Waals surface area contributed by atoms with Gasteiger partial charge in [0, 0.05) is 31.7 Å². The third-order valence-corrected chi connectivity index (χ3v) is 6.06. The number of hydrogen-bond donors (Lipinski definition) is 0. The van der Waals surface area contributed by atoms with E-state index in [1.165, 1.54) is 23.8 Å². The molecule has 0 atom stereocenters. The van der Waals surface area contributed by atoms with Gasteiger partial charge in [0.1, 0.15) is 5.75 Å². The van der Waals surface area contributed by atoms with Gasteiger partial charge in [-0.2, -0.15) is 13.2 Å². The lowest BCUT2D eigenvalue weighted by Gasteiger charge is -2.32. The number of likely N-dealkylation sites (N-methyl/N-ethyl adjacent to an activating group) is 1. The molecule has 2 aromatic carbocycles. The third-order valence-electron chi connectivity index (χ3n) is 5.73. The van der Waals surface area contributed by atoms with Gasteiger partial charge in [0.05, 0.1) is 16.7 Å². The van der Waals surface area contributed by atoms with Crippen molar-refractivity contribution in [3.05, 3.63) is 64.7 Å². The average Bonchev–Trinajstić information content (AvgIpc) is 3.24. The number of halogens is 4. The van der Waals surface area contributed by atoms with Crippen LogP contribution in [0.15, 0.2) is 53.1 Å². The fourth-order valence-corrected chi connectivity index (χ4v) is 3.99. The molecule has 5 nitrogen and oxygen atoms in total. The molecule has 0 saturated carbocycles. The number of aromatic nitrogens is 1. The van der Waals surface area contributed by atoms with E-state index >= 15 is 0 Å². The van der Waals surface area contributed by atoms with Crippen LogP contribution in [0.3, 0.4) is 0 Å². The van der Waals surface area contributed by atoms with Crippen molar-refractivity contribution in [3.8, 4) is 23.0 Å². The Morgan fingerprint density at radius 2 is 1.76 bits per heavy atom. The third kappa shape index (κ3) is 6.28. The molecule has 0 unspecified atom stereocenters. The van der Waals surface area contributed by atoms with Crippen LogP contribution in [0.25, 0.3) is 11.3 Å². The summed E-state index contributed by atoms with van der Waals surface area (Å²) < 4.78 is 50.2. The number of piperazine rings is 1. The number of nitrogens with zero attached hydrogens (tertiary/aromatic N) is 3. The van der Waals surface area contributed by atoms with Crippen molar-refractivity contribution < 1.29 is 22.4 Å². The van der Waals surface area contributed by atoms with Gasteiger partial charge in [-0.3, -0.25) is 0 Å². The summed E-state index contributed by atoms with van der Waals surface area (Å²) in [6.07, 6.45) is -2.48. The minimum Gasteiger partial charge on any atom is -0.436 e. The normalized spacial score (nSPS) is 15.7. The second-order valence-corrected chi connectivity index (χ2v) is 8.62. The SMILES string of the molecule is CN1CCN(CCCc2ccc(Oc3cc(-c4ccc(Cl)c(C(F)(F)F)c4)on3)cc2)CC1. The Balaban J connectivity index is 1.32. The van der Waals surface area contributed by atoms with Crippen molar-refractivity contribution >= 4 is 11.6 Å². The molecule has 4 rings (SSSR count). The molecule has 0 radical (unpaired) electrons. The lowest BCUT2D eigenvalue weighted by Crippen LogP contribution is -2.44. The fourth-order valence-electron chi connectivity index (χ4n) is 3.76. The van der Waals surface area contributed by atoms with Gasteiger partial charge in [-0.15, -0.1) is 0 Å². The van der Waals surface area contributed by atoms with Crippen molar-refractivity contribution in [1.29, 1.82) is 0 Å². The summed E-state index contributed by atoms with van der Waals surface area (Å²) in [6, 6.07) is 12.7. The highest BCUT2D eigenvalue weighted by Crippen LogP contribution is 2.38. The van der Waals surface area contributed by atoms with E-state index in [0.717, 1.165) is 51.6 Å². The Bertz CT molecular complexity index is 1060. The molecule has 176 valence electrons. The molecule has 1 aromatic heterocycles. The second kappa shape index (κ2) is 10.2. The monoisotopic (exact) mass is 479 g/mol. The van der Waals surface area contributed by atoms with Crippen LogP contribution in [0.5, 0.6) is 11.6 Å². The minimum absolute atomic E-state index is 0.160. The molecule has 33 heavy (non-hydrogen) atoms. The molecule has 0 bridgehead atoms. The van der Waals surface area contributed by atoms with E-state index in [9.17, 15) is 13.2 Å². The first-order valence-electron chi connectivity index (χ1n) is 10.8. The van der Waals surface area contributed by atoms with Crippen LogP contribution in [0.2, 0.25) is 5.02 Å². The molecule has 1 fully saturated rings. The summed E-state index contributed by atoms with van der Waals surface area (Å²) in [5.41, 5.74) is 0.506. The van der Waals surface area contributed by atoms with Crippen LogP contribution in [-0.2, 0) is 12.6 Å². The van der Waals surface area contributed by atoms with Crippen LogP contribution in [0.1, 0.15) is 17.5 Å². The molecule has 9 heteroatoms. The van der Waals surface area contributed by atoms with Gasteiger partial charge < -0.3 is 19.1 Å². The highest BCUT2D eigenvalue weighted by atomic mass is 35.5. The highest BCUT2D eigenvalue weighted by Gasteiger charge is 2.33. The second-order valence-electron chi connectivity index (χ2n) is 8.22. The Kier molecular flexibility index (Phi) is 7.26. The molecule has 1 aliphatic heterocycles. The van der Waals surface area contributed by atoms with Gasteiger partial charge in [0.25, 0.3) is 5.88 Å². The van der Waals surface area contributed by atoms with Crippen LogP contribution in [-0.4, -0.2) is 54.7 Å². The minimum atomic E-state index is -4.56. The molecule has 0 amide bonds. The first kappa shape index (κ1) is 23.6. The maximum Gasteiger partial charge on any atom is 0.417 e. The number of benzene rings is 2. The first-order chi connectivity index (χ1) is 15.8. The molecule has 0 N–H and O–H groups in total. The van der Waals surface area contributed by atoms with Crippen LogP contribution in [0, 0.1) is 0 Å². The predicted molar refractivity (Wildman–Crippen MR) is 121 cm³/mol. The Hall–Kier alpha value is -2.55. The van der Waals surface area contributed by atoms with Crippen molar-refractivity contribution in [2.24, 2.45) is 0 Å². The largest absolute Gasteiger partial charge is 0.436 e. The topological polar surface area (TPSA) is 41.7 Å². The van der Waals surface area contributed by atoms with E-state index in [4.69, 9.17) is 20.9 Å². The van der Waals surface area contributed by atoms with Crippen LogP contribution < -0.4 is 4.74 Å². The molecular formula is C24H25ClF3N3O2. The number of alkyl halides is 3. The van der Waals surface area contributed by atoms with Gasteiger partial charge in [-0.1, -0.05) is 23.7 Å². The van der Waals surface area contributed by atoms with Crippen molar-refractivity contribution in [3.63, 3.8) is 0 Å². The molecule has 1 saturated heterocycles. The lowest BCUT2D eigenvalue weighted by atomic mass is 10.1. The summed E-state index contributed by atoms with van der Waals surface area (Å²) in [6.45, 7) is 5.58. The molecule has 3 aromatic rings. The maximum atomic E-state index is 13.1. The number of rotatable bonds is 7. The van der Waals surface area contributed by atoms with Crippen molar-refractivity contribution in [1.82, 2.24) is 15.0 Å². The Morgan fingerprint density at radius 3 is 2.45 bits per heavy atom.